The average molecular weight is 230 g/mol. The van der Waals surface area contributed by atoms with Crippen molar-refractivity contribution in [1.29, 1.82) is 0 Å². The summed E-state index contributed by atoms with van der Waals surface area (Å²) in [6.45, 7) is 1.75. The molecule has 0 saturated carbocycles. The molecule has 0 radical (unpaired) electrons. The lowest BCUT2D eigenvalue weighted by Crippen LogP contribution is -2.34. The summed E-state index contributed by atoms with van der Waals surface area (Å²) < 4.78 is 26.0. The smallest absolute Gasteiger partial charge is 0.166 e. The molecule has 2 N–H and O–H groups in total. The first-order valence-corrected chi connectivity index (χ1v) is 4.88. The van der Waals surface area contributed by atoms with Gasteiger partial charge in [-0.05, 0) is 25.2 Å². The van der Waals surface area contributed by atoms with Gasteiger partial charge in [0.25, 0.3) is 0 Å². The first-order valence-electron chi connectivity index (χ1n) is 4.47. The highest BCUT2D eigenvalue weighted by molar-refractivity contribution is 7.80. The molecule has 0 aromatic heterocycles. The highest BCUT2D eigenvalue weighted by Gasteiger charge is 2.11. The Labute approximate surface area is 92.7 Å². The van der Waals surface area contributed by atoms with Gasteiger partial charge in [-0.3, -0.25) is 0 Å². The van der Waals surface area contributed by atoms with Gasteiger partial charge in [-0.25, -0.2) is 8.78 Å². The van der Waals surface area contributed by atoms with Crippen molar-refractivity contribution in [3.05, 3.63) is 35.4 Å². The summed E-state index contributed by atoms with van der Waals surface area (Å²) in [7, 11) is 1.67. The maximum absolute atomic E-state index is 13.3. The van der Waals surface area contributed by atoms with Gasteiger partial charge in [0.15, 0.2) is 5.11 Å². The highest BCUT2D eigenvalue weighted by atomic mass is 32.1. The minimum atomic E-state index is -0.584. The van der Waals surface area contributed by atoms with E-state index in [4.69, 9.17) is 12.2 Å². The van der Waals surface area contributed by atoms with E-state index in [-0.39, 0.29) is 6.04 Å². The molecule has 0 heterocycles. The van der Waals surface area contributed by atoms with Crippen LogP contribution in [0.2, 0.25) is 0 Å². The molecule has 0 fully saturated rings. The third-order valence-corrected chi connectivity index (χ3v) is 2.33. The normalized spacial score (nSPS) is 12.0. The number of hydrogen-bond acceptors (Lipinski definition) is 1. The van der Waals surface area contributed by atoms with Crippen LogP contribution >= 0.6 is 12.2 Å². The molecule has 0 unspecified atom stereocenters. The van der Waals surface area contributed by atoms with Crippen molar-refractivity contribution in [2.45, 2.75) is 13.0 Å². The summed E-state index contributed by atoms with van der Waals surface area (Å²) in [6, 6.07) is 3.18. The lowest BCUT2D eigenvalue weighted by Gasteiger charge is -2.16. The minimum absolute atomic E-state index is 0.300. The number of nitrogens with one attached hydrogen (secondary N) is 2. The van der Waals surface area contributed by atoms with Crippen molar-refractivity contribution < 1.29 is 8.78 Å². The van der Waals surface area contributed by atoms with Crippen LogP contribution in [0.1, 0.15) is 18.5 Å². The van der Waals surface area contributed by atoms with E-state index >= 15 is 0 Å². The van der Waals surface area contributed by atoms with E-state index in [1.165, 1.54) is 12.1 Å². The van der Waals surface area contributed by atoms with Crippen LogP contribution in [-0.2, 0) is 0 Å². The summed E-state index contributed by atoms with van der Waals surface area (Å²) in [5.41, 5.74) is 0.383. The SMILES string of the molecule is CNC(=S)N[C@H](C)c1ccc(F)cc1F. The first-order chi connectivity index (χ1) is 7.04. The fourth-order valence-electron chi connectivity index (χ4n) is 1.20. The molecule has 0 aliphatic heterocycles. The van der Waals surface area contributed by atoms with Gasteiger partial charge in [-0.1, -0.05) is 6.07 Å². The summed E-state index contributed by atoms with van der Waals surface area (Å²) in [4.78, 5) is 0. The van der Waals surface area contributed by atoms with Gasteiger partial charge in [-0.2, -0.15) is 0 Å². The number of benzene rings is 1. The Hall–Kier alpha value is -1.23. The standard InChI is InChI=1S/C10H12F2N2S/c1-6(14-10(15)13-2)8-4-3-7(11)5-9(8)12/h3-6H,1-2H3,(H2,13,14,15)/t6-/m1/s1. The molecule has 82 valence electrons. The zero-order chi connectivity index (χ0) is 11.4. The minimum Gasteiger partial charge on any atom is -0.366 e. The molecule has 15 heavy (non-hydrogen) atoms. The molecule has 0 spiro atoms. The molecule has 1 aromatic carbocycles. The van der Waals surface area contributed by atoms with Crippen LogP contribution in [0, 0.1) is 11.6 Å². The van der Waals surface area contributed by atoms with Crippen molar-refractivity contribution in [1.82, 2.24) is 10.6 Å². The maximum Gasteiger partial charge on any atom is 0.166 e. The van der Waals surface area contributed by atoms with E-state index in [2.05, 4.69) is 10.6 Å². The summed E-state index contributed by atoms with van der Waals surface area (Å²) in [5.74, 6) is -1.16. The summed E-state index contributed by atoms with van der Waals surface area (Å²) in [5, 5.41) is 6.01. The molecular weight excluding hydrogens is 218 g/mol. The third-order valence-electron chi connectivity index (χ3n) is 2.00. The van der Waals surface area contributed by atoms with Crippen molar-refractivity contribution >= 4 is 17.3 Å². The first kappa shape index (κ1) is 11.8. The molecule has 0 bridgehead atoms. The lowest BCUT2D eigenvalue weighted by atomic mass is 10.1. The van der Waals surface area contributed by atoms with Crippen LogP contribution in [0.5, 0.6) is 0 Å². The Balaban J connectivity index is 2.82. The van der Waals surface area contributed by atoms with E-state index in [0.717, 1.165) is 6.07 Å². The number of rotatable bonds is 2. The number of hydrogen-bond donors (Lipinski definition) is 2. The number of thiocarbonyl (C=S) groups is 1. The summed E-state index contributed by atoms with van der Waals surface area (Å²) >= 11 is 4.88. The van der Waals surface area contributed by atoms with Gasteiger partial charge < -0.3 is 10.6 Å². The van der Waals surface area contributed by atoms with Crippen molar-refractivity contribution in [3.8, 4) is 0 Å². The highest BCUT2D eigenvalue weighted by Crippen LogP contribution is 2.17. The Morgan fingerprint density at radius 2 is 2.07 bits per heavy atom. The molecule has 1 rings (SSSR count). The number of halogens is 2. The molecular formula is C10H12F2N2S. The Morgan fingerprint density at radius 3 is 2.60 bits per heavy atom. The third kappa shape index (κ3) is 3.13. The van der Waals surface area contributed by atoms with Crippen LogP contribution in [0.4, 0.5) is 8.78 Å². The van der Waals surface area contributed by atoms with E-state index in [1.54, 1.807) is 14.0 Å². The quantitative estimate of drug-likeness (QED) is 0.761. The Bertz CT molecular complexity index is 368. The van der Waals surface area contributed by atoms with Gasteiger partial charge in [-0.15, -0.1) is 0 Å². The van der Waals surface area contributed by atoms with E-state index in [9.17, 15) is 8.78 Å². The fourth-order valence-corrected chi connectivity index (χ4v) is 1.38. The van der Waals surface area contributed by atoms with Gasteiger partial charge >= 0.3 is 0 Å². The average Bonchev–Trinajstić information content (AvgIpc) is 2.17. The van der Waals surface area contributed by atoms with Crippen LogP contribution < -0.4 is 10.6 Å². The van der Waals surface area contributed by atoms with Crippen LogP contribution in [0.15, 0.2) is 18.2 Å². The monoisotopic (exact) mass is 230 g/mol. The van der Waals surface area contributed by atoms with Crippen LogP contribution in [0.3, 0.4) is 0 Å². The van der Waals surface area contributed by atoms with Gasteiger partial charge in [0.1, 0.15) is 11.6 Å². The Morgan fingerprint density at radius 1 is 1.40 bits per heavy atom. The fraction of sp³-hybridized carbons (Fsp3) is 0.300. The van der Waals surface area contributed by atoms with Crippen molar-refractivity contribution in [3.63, 3.8) is 0 Å². The molecule has 1 atom stereocenters. The van der Waals surface area contributed by atoms with Crippen molar-refractivity contribution in [2.24, 2.45) is 0 Å². The molecule has 0 amide bonds. The van der Waals surface area contributed by atoms with Gasteiger partial charge in [0.2, 0.25) is 0 Å². The van der Waals surface area contributed by atoms with Crippen molar-refractivity contribution in [2.75, 3.05) is 7.05 Å². The second-order valence-electron chi connectivity index (χ2n) is 3.11. The van der Waals surface area contributed by atoms with Crippen LogP contribution in [-0.4, -0.2) is 12.2 Å². The second-order valence-corrected chi connectivity index (χ2v) is 3.52. The van der Waals surface area contributed by atoms with Gasteiger partial charge in [0, 0.05) is 18.7 Å². The van der Waals surface area contributed by atoms with Crippen LogP contribution in [0.25, 0.3) is 0 Å². The summed E-state index contributed by atoms with van der Waals surface area (Å²) in [6.07, 6.45) is 0. The zero-order valence-electron chi connectivity index (χ0n) is 8.47. The zero-order valence-corrected chi connectivity index (χ0v) is 9.29. The second kappa shape index (κ2) is 5.02. The molecule has 5 heteroatoms. The molecule has 0 saturated heterocycles. The van der Waals surface area contributed by atoms with E-state index < -0.39 is 11.6 Å². The Kier molecular flexibility index (Phi) is 3.96. The maximum atomic E-state index is 13.3. The predicted octanol–water partition coefficient (Wildman–Crippen LogP) is 2.12. The van der Waals surface area contributed by atoms with Gasteiger partial charge in [0.05, 0.1) is 6.04 Å². The molecule has 2 nitrogen and oxygen atoms in total. The molecule has 0 aliphatic carbocycles. The largest absolute Gasteiger partial charge is 0.366 e. The predicted molar refractivity (Wildman–Crippen MR) is 59.6 cm³/mol. The van der Waals surface area contributed by atoms with E-state index in [0.29, 0.717) is 10.7 Å². The molecule has 0 aliphatic rings. The topological polar surface area (TPSA) is 24.1 Å². The molecule has 1 aromatic rings. The lowest BCUT2D eigenvalue weighted by molar-refractivity contribution is 0.552. The van der Waals surface area contributed by atoms with E-state index in [1.807, 2.05) is 0 Å².